The fraction of sp³-hybridized carbons (Fsp3) is 0.118. The smallest absolute Gasteiger partial charge is 0.240 e. The van der Waals surface area contributed by atoms with Crippen molar-refractivity contribution in [3.05, 3.63) is 46.9 Å². The lowest BCUT2D eigenvalue weighted by atomic mass is 10.2. The standard InChI is InChI=1S/C17H16BrN5O3S2/c1-2-23-13-8-7-10(18)9-11(13)15(16(23)24)21-22-17(27)20-12-5-3-4-6-14(12)28(19,25)26/h3-9,24H,2H2,1H3,(H,20,27)(H2,19,25,26). The maximum Gasteiger partial charge on any atom is 0.240 e. The van der Waals surface area contributed by atoms with Gasteiger partial charge in [0.2, 0.25) is 21.0 Å². The second kappa shape index (κ2) is 7.95. The molecule has 4 N–H and O–H groups in total. The number of sulfonamides is 1. The Morgan fingerprint density at radius 1 is 1.32 bits per heavy atom. The van der Waals surface area contributed by atoms with Crippen LogP contribution in [0, 0.1) is 0 Å². The minimum Gasteiger partial charge on any atom is -0.493 e. The van der Waals surface area contributed by atoms with Gasteiger partial charge in [0, 0.05) is 16.4 Å². The van der Waals surface area contributed by atoms with Gasteiger partial charge in [0.15, 0.2) is 5.69 Å². The number of anilines is 1. The van der Waals surface area contributed by atoms with Crippen molar-refractivity contribution in [1.82, 2.24) is 4.57 Å². The summed E-state index contributed by atoms with van der Waals surface area (Å²) in [5.41, 5.74) is 1.26. The molecule has 2 aromatic carbocycles. The maximum atomic E-state index is 11.7. The van der Waals surface area contributed by atoms with Gasteiger partial charge >= 0.3 is 0 Å². The number of nitrogens with one attached hydrogen (secondary N) is 1. The third-order valence-corrected chi connectivity index (χ3v) is 5.61. The Labute approximate surface area is 175 Å². The molecule has 0 unspecified atom stereocenters. The number of fused-ring (bicyclic) bond motifs is 1. The molecule has 28 heavy (non-hydrogen) atoms. The van der Waals surface area contributed by atoms with Crippen molar-refractivity contribution in [1.29, 1.82) is 0 Å². The molecular weight excluding hydrogens is 466 g/mol. The van der Waals surface area contributed by atoms with E-state index < -0.39 is 10.0 Å². The highest BCUT2D eigenvalue weighted by Crippen LogP contribution is 2.40. The molecule has 0 bridgehead atoms. The Hall–Kier alpha value is -2.34. The monoisotopic (exact) mass is 481 g/mol. The molecular formula is C17H16BrN5O3S2. The number of azo groups is 1. The summed E-state index contributed by atoms with van der Waals surface area (Å²) in [7, 11) is -3.93. The van der Waals surface area contributed by atoms with Crippen LogP contribution in [0.3, 0.4) is 0 Å². The number of nitrogens with zero attached hydrogens (tertiary/aromatic N) is 3. The first kappa shape index (κ1) is 20.4. The molecule has 3 rings (SSSR count). The third-order valence-electron chi connectivity index (χ3n) is 3.96. The number of halogens is 1. The molecule has 0 radical (unpaired) electrons. The highest BCUT2D eigenvalue weighted by molar-refractivity contribution is 9.10. The number of aromatic hydroxyl groups is 1. The van der Waals surface area contributed by atoms with Crippen LogP contribution in [0.2, 0.25) is 0 Å². The quantitative estimate of drug-likeness (QED) is 0.379. The van der Waals surface area contributed by atoms with Crippen molar-refractivity contribution in [2.24, 2.45) is 15.4 Å². The van der Waals surface area contributed by atoms with Crippen molar-refractivity contribution < 1.29 is 13.5 Å². The molecule has 1 heterocycles. The van der Waals surface area contributed by atoms with Crippen LogP contribution in [-0.2, 0) is 16.6 Å². The van der Waals surface area contributed by atoms with E-state index in [1.807, 2.05) is 25.1 Å². The normalized spacial score (nSPS) is 12.0. The van der Waals surface area contributed by atoms with E-state index in [2.05, 4.69) is 31.5 Å². The van der Waals surface area contributed by atoms with E-state index in [1.165, 1.54) is 12.1 Å². The number of para-hydroxylation sites is 1. The Morgan fingerprint density at radius 2 is 2.04 bits per heavy atom. The third kappa shape index (κ3) is 4.07. The summed E-state index contributed by atoms with van der Waals surface area (Å²) in [5, 5.41) is 27.0. The Kier molecular flexibility index (Phi) is 5.79. The predicted octanol–water partition coefficient (Wildman–Crippen LogP) is 4.26. The van der Waals surface area contributed by atoms with Crippen LogP contribution >= 0.6 is 28.1 Å². The van der Waals surface area contributed by atoms with Crippen LogP contribution < -0.4 is 10.5 Å². The largest absolute Gasteiger partial charge is 0.493 e. The molecule has 0 aliphatic heterocycles. The molecule has 8 nitrogen and oxygen atoms in total. The minimum absolute atomic E-state index is 0.0351. The summed E-state index contributed by atoms with van der Waals surface area (Å²) in [6.45, 7) is 2.45. The molecule has 0 amide bonds. The number of rotatable bonds is 4. The first-order chi connectivity index (χ1) is 13.2. The zero-order chi connectivity index (χ0) is 20.5. The molecule has 0 saturated heterocycles. The van der Waals surface area contributed by atoms with Gasteiger partial charge in [-0.1, -0.05) is 28.1 Å². The van der Waals surface area contributed by atoms with E-state index in [4.69, 9.17) is 17.4 Å². The first-order valence-electron chi connectivity index (χ1n) is 8.07. The number of thiocarbonyl (C=S) groups is 1. The maximum absolute atomic E-state index is 11.7. The summed E-state index contributed by atoms with van der Waals surface area (Å²) in [5.74, 6) is -0.0351. The molecule has 0 fully saturated rings. The zero-order valence-corrected chi connectivity index (χ0v) is 17.8. The molecule has 11 heteroatoms. The van der Waals surface area contributed by atoms with Crippen LogP contribution in [0.15, 0.2) is 62.1 Å². The van der Waals surface area contributed by atoms with Crippen LogP contribution in [-0.4, -0.2) is 23.2 Å². The van der Waals surface area contributed by atoms with Gasteiger partial charge in [0.1, 0.15) is 4.90 Å². The molecule has 0 spiro atoms. The number of aromatic nitrogens is 1. The van der Waals surface area contributed by atoms with Crippen molar-refractivity contribution in [3.8, 4) is 5.88 Å². The predicted molar refractivity (Wildman–Crippen MR) is 116 cm³/mol. The molecule has 146 valence electrons. The number of hydrogen-bond donors (Lipinski definition) is 3. The lowest BCUT2D eigenvalue weighted by Crippen LogP contribution is -2.16. The van der Waals surface area contributed by atoms with E-state index in [1.54, 1.807) is 16.7 Å². The van der Waals surface area contributed by atoms with Gasteiger partial charge in [-0.2, -0.15) is 0 Å². The van der Waals surface area contributed by atoms with E-state index in [0.717, 1.165) is 9.99 Å². The van der Waals surface area contributed by atoms with E-state index in [9.17, 15) is 13.5 Å². The SMILES string of the molecule is CCn1c(O)c(N=NC(=S)Nc2ccccc2S(N)(=O)=O)c2cc(Br)ccc21. The highest BCUT2D eigenvalue weighted by Gasteiger charge is 2.17. The average Bonchev–Trinajstić information content (AvgIpc) is 2.89. The summed E-state index contributed by atoms with van der Waals surface area (Å²) >= 11 is 8.54. The molecule has 1 aromatic heterocycles. The van der Waals surface area contributed by atoms with Gasteiger partial charge in [-0.3, -0.25) is 0 Å². The summed E-state index contributed by atoms with van der Waals surface area (Å²) in [6.07, 6.45) is 0. The van der Waals surface area contributed by atoms with Crippen molar-refractivity contribution in [2.45, 2.75) is 18.4 Å². The number of nitrogens with two attached hydrogens (primary N) is 1. The average molecular weight is 482 g/mol. The van der Waals surface area contributed by atoms with Crippen LogP contribution in [0.5, 0.6) is 5.88 Å². The minimum atomic E-state index is -3.93. The van der Waals surface area contributed by atoms with Gasteiger partial charge in [-0.05, 0) is 49.5 Å². The van der Waals surface area contributed by atoms with Crippen LogP contribution in [0.4, 0.5) is 11.4 Å². The lowest BCUT2D eigenvalue weighted by molar-refractivity contribution is 0.427. The number of aryl methyl sites for hydroxylation is 1. The van der Waals surface area contributed by atoms with Crippen LogP contribution in [0.25, 0.3) is 10.9 Å². The Balaban J connectivity index is 1.94. The Bertz CT molecular complexity index is 1200. The van der Waals surface area contributed by atoms with E-state index in [-0.39, 0.29) is 27.3 Å². The molecule has 0 aliphatic carbocycles. The first-order valence-corrected chi connectivity index (χ1v) is 10.8. The van der Waals surface area contributed by atoms with Gasteiger partial charge in [-0.15, -0.1) is 10.2 Å². The van der Waals surface area contributed by atoms with Crippen LogP contribution in [0.1, 0.15) is 6.92 Å². The zero-order valence-electron chi connectivity index (χ0n) is 14.6. The Morgan fingerprint density at radius 3 is 2.71 bits per heavy atom. The van der Waals surface area contributed by atoms with Crippen molar-refractivity contribution >= 4 is 65.6 Å². The molecule has 3 aromatic rings. The van der Waals surface area contributed by atoms with Gasteiger partial charge in [0.05, 0.1) is 11.2 Å². The summed E-state index contributed by atoms with van der Waals surface area (Å²) in [6, 6.07) is 11.6. The van der Waals surface area contributed by atoms with Gasteiger partial charge in [0.25, 0.3) is 0 Å². The second-order valence-corrected chi connectivity index (χ2v) is 8.58. The van der Waals surface area contributed by atoms with E-state index in [0.29, 0.717) is 11.9 Å². The van der Waals surface area contributed by atoms with Gasteiger partial charge < -0.3 is 15.0 Å². The topological polar surface area (TPSA) is 122 Å². The van der Waals surface area contributed by atoms with E-state index >= 15 is 0 Å². The second-order valence-electron chi connectivity index (χ2n) is 5.75. The van der Waals surface area contributed by atoms with Gasteiger partial charge in [-0.25, -0.2) is 13.6 Å². The molecule has 0 saturated carbocycles. The number of benzene rings is 2. The highest BCUT2D eigenvalue weighted by atomic mass is 79.9. The fourth-order valence-electron chi connectivity index (χ4n) is 2.77. The molecule has 0 aliphatic rings. The fourth-order valence-corrected chi connectivity index (χ4v) is 3.97. The van der Waals surface area contributed by atoms with Crippen molar-refractivity contribution in [2.75, 3.05) is 5.32 Å². The summed E-state index contributed by atoms with van der Waals surface area (Å²) < 4.78 is 25.9. The number of hydrogen-bond acceptors (Lipinski definition) is 5. The summed E-state index contributed by atoms with van der Waals surface area (Å²) in [4.78, 5) is -0.109. The molecule has 0 atom stereocenters. The lowest BCUT2D eigenvalue weighted by Gasteiger charge is -2.08. The van der Waals surface area contributed by atoms with Crippen molar-refractivity contribution in [3.63, 3.8) is 0 Å². The number of primary sulfonamides is 1.